The van der Waals surface area contributed by atoms with Gasteiger partial charge in [0.25, 0.3) is 0 Å². The number of alkyl halides is 3. The number of fused-ring (bicyclic) bond motifs is 1. The molecule has 0 bridgehead atoms. The minimum Gasteiger partial charge on any atom is -0.344 e. The molecule has 0 spiro atoms. The molecule has 3 rings (SSSR count). The van der Waals surface area contributed by atoms with E-state index in [1.165, 1.54) is 11.3 Å². The summed E-state index contributed by atoms with van der Waals surface area (Å²) in [5, 5.41) is 11.2. The highest BCUT2D eigenvalue weighted by atomic mass is 32.2. The maximum Gasteiger partial charge on any atom is 0.450 e. The second kappa shape index (κ2) is 12.0. The van der Waals surface area contributed by atoms with Crippen molar-refractivity contribution in [3.63, 3.8) is 0 Å². The quantitative estimate of drug-likeness (QED) is 0.349. The number of ketones is 1. The Morgan fingerprint density at radius 1 is 1.03 bits per heavy atom. The Balaban J connectivity index is 1.60. The van der Waals surface area contributed by atoms with Crippen LogP contribution in [0, 0.1) is 0 Å². The Kier molecular flexibility index (Phi) is 9.12. The lowest BCUT2D eigenvalue weighted by Gasteiger charge is -2.19. The molecule has 34 heavy (non-hydrogen) atoms. The number of benzene rings is 2. The molecule has 5 nitrogen and oxygen atoms in total. The zero-order valence-electron chi connectivity index (χ0n) is 18.1. The molecule has 0 radical (unpaired) electrons. The first-order valence-electron chi connectivity index (χ1n) is 10.5. The Morgan fingerprint density at radius 2 is 1.79 bits per heavy atom. The van der Waals surface area contributed by atoms with E-state index in [-0.39, 0.29) is 24.5 Å². The molecular weight excluding hydrogens is 485 g/mol. The lowest BCUT2D eigenvalue weighted by molar-refractivity contribution is -0.167. The Bertz CT molecular complexity index is 1130. The van der Waals surface area contributed by atoms with Crippen molar-refractivity contribution >= 4 is 57.2 Å². The van der Waals surface area contributed by atoms with Gasteiger partial charge in [-0.25, -0.2) is 0 Å². The van der Waals surface area contributed by atoms with E-state index < -0.39 is 29.7 Å². The van der Waals surface area contributed by atoms with Crippen molar-refractivity contribution in [2.24, 2.45) is 0 Å². The zero-order valence-corrected chi connectivity index (χ0v) is 19.7. The molecule has 0 aliphatic heterocycles. The van der Waals surface area contributed by atoms with Crippen molar-refractivity contribution in [3.05, 3.63) is 64.9 Å². The highest BCUT2D eigenvalue weighted by molar-refractivity contribution is 7.99. The summed E-state index contributed by atoms with van der Waals surface area (Å²) in [5.74, 6) is -2.93. The lowest BCUT2D eigenvalue weighted by atomic mass is 10.1. The predicted octanol–water partition coefficient (Wildman–Crippen LogP) is 5.21. The number of Topliss-reactive ketones (excluding diaryl/α,β-unsaturated/α-hetero) is 1. The fourth-order valence-corrected chi connectivity index (χ4v) is 4.76. The van der Waals surface area contributed by atoms with E-state index in [0.29, 0.717) is 12.1 Å². The van der Waals surface area contributed by atoms with E-state index >= 15 is 0 Å². The molecular formula is C24H23F3N2O3S2. The molecule has 10 heteroatoms. The molecule has 2 aromatic carbocycles. The molecule has 2 amide bonds. The van der Waals surface area contributed by atoms with Crippen LogP contribution in [0.3, 0.4) is 0 Å². The normalized spacial score (nSPS) is 12.3. The van der Waals surface area contributed by atoms with Gasteiger partial charge in [0.2, 0.25) is 17.6 Å². The lowest BCUT2D eigenvalue weighted by Crippen LogP contribution is -2.44. The van der Waals surface area contributed by atoms with Crippen LogP contribution in [-0.4, -0.2) is 41.3 Å². The number of halogens is 3. The fourth-order valence-electron chi connectivity index (χ4n) is 3.23. The van der Waals surface area contributed by atoms with Crippen molar-refractivity contribution in [2.45, 2.75) is 31.5 Å². The third-order valence-electron chi connectivity index (χ3n) is 4.94. The van der Waals surface area contributed by atoms with Crippen molar-refractivity contribution in [2.75, 3.05) is 16.8 Å². The van der Waals surface area contributed by atoms with Crippen molar-refractivity contribution in [3.8, 4) is 0 Å². The molecule has 2 N–H and O–H groups in total. The van der Waals surface area contributed by atoms with Crippen molar-refractivity contribution in [1.29, 1.82) is 0 Å². The first-order chi connectivity index (χ1) is 16.2. The first-order valence-corrected chi connectivity index (χ1v) is 12.6. The highest BCUT2D eigenvalue weighted by Crippen LogP contribution is 2.21. The Morgan fingerprint density at radius 3 is 2.50 bits per heavy atom. The summed E-state index contributed by atoms with van der Waals surface area (Å²) in [5.41, 5.74) is 1.41. The molecule has 1 heterocycles. The van der Waals surface area contributed by atoms with E-state index in [9.17, 15) is 27.6 Å². The van der Waals surface area contributed by atoms with E-state index in [1.54, 1.807) is 6.07 Å². The Labute approximate surface area is 203 Å². The third-order valence-corrected chi connectivity index (χ3v) is 6.72. The van der Waals surface area contributed by atoms with Crippen molar-refractivity contribution < 1.29 is 27.6 Å². The van der Waals surface area contributed by atoms with Crippen LogP contribution in [0.1, 0.15) is 18.4 Å². The van der Waals surface area contributed by atoms with Crippen LogP contribution in [0.15, 0.2) is 59.3 Å². The van der Waals surface area contributed by atoms with Gasteiger partial charge in [-0.15, -0.1) is 0 Å². The standard InChI is InChI=1S/C24H23F3N2O3S2/c25-24(26,27)21(30)15-33-10-3-6-20(29-22(31)12-16-9-11-34-14-16)23(32)28-19-8-7-17-4-1-2-5-18(17)13-19/h1-2,4-5,7-9,11,13-14,20H,3,6,10,12,15H2,(H,28,32)(H,29,31)/t20-/m0/s1. The van der Waals surface area contributed by atoms with Gasteiger partial charge < -0.3 is 10.6 Å². The van der Waals surface area contributed by atoms with Crippen LogP contribution < -0.4 is 10.6 Å². The topological polar surface area (TPSA) is 75.3 Å². The number of anilines is 1. The summed E-state index contributed by atoms with van der Waals surface area (Å²) in [6, 6.07) is 14.1. The van der Waals surface area contributed by atoms with Crippen molar-refractivity contribution in [1.82, 2.24) is 5.32 Å². The van der Waals surface area contributed by atoms with Gasteiger partial charge in [0.1, 0.15) is 6.04 Å². The van der Waals surface area contributed by atoms with Gasteiger partial charge in [-0.2, -0.15) is 36.3 Å². The summed E-state index contributed by atoms with van der Waals surface area (Å²) in [6.45, 7) is 0. The number of hydrogen-bond acceptors (Lipinski definition) is 5. The average molecular weight is 509 g/mol. The number of hydrogen-bond donors (Lipinski definition) is 2. The number of thioether (sulfide) groups is 1. The SMILES string of the molecule is O=C(Cc1ccsc1)N[C@@H](CCCSCC(=O)C(F)(F)F)C(=O)Nc1ccc2ccccc2c1. The second-order valence-corrected chi connectivity index (χ2v) is 9.48. The summed E-state index contributed by atoms with van der Waals surface area (Å²) in [4.78, 5) is 36.4. The molecule has 0 saturated carbocycles. The minimum atomic E-state index is -4.84. The van der Waals surface area contributed by atoms with E-state index in [1.807, 2.05) is 53.2 Å². The second-order valence-electron chi connectivity index (χ2n) is 7.60. The summed E-state index contributed by atoms with van der Waals surface area (Å²) >= 11 is 2.32. The molecule has 3 aromatic rings. The van der Waals surface area contributed by atoms with Gasteiger partial charge in [-0.1, -0.05) is 30.3 Å². The van der Waals surface area contributed by atoms with Gasteiger partial charge in [0.15, 0.2) is 0 Å². The molecule has 0 saturated heterocycles. The molecule has 1 aromatic heterocycles. The Hall–Kier alpha value is -2.85. The van der Waals surface area contributed by atoms with Gasteiger partial charge in [0.05, 0.1) is 12.2 Å². The molecule has 1 atom stereocenters. The molecule has 0 fully saturated rings. The number of amides is 2. The molecule has 0 aliphatic rings. The van der Waals surface area contributed by atoms with Crippen LogP contribution in [0.4, 0.5) is 18.9 Å². The van der Waals surface area contributed by atoms with Gasteiger partial charge in [-0.05, 0) is 63.9 Å². The third kappa shape index (κ3) is 7.88. The van der Waals surface area contributed by atoms with Crippen LogP contribution in [0.25, 0.3) is 10.8 Å². The maximum absolute atomic E-state index is 13.0. The number of rotatable bonds is 11. The number of carbonyl (C=O) groups excluding carboxylic acids is 3. The van der Waals surface area contributed by atoms with Gasteiger partial charge >= 0.3 is 6.18 Å². The number of thiophene rings is 1. The minimum absolute atomic E-state index is 0.123. The van der Waals surface area contributed by atoms with E-state index in [2.05, 4.69) is 10.6 Å². The number of carbonyl (C=O) groups is 3. The van der Waals surface area contributed by atoms with Crippen LogP contribution >= 0.6 is 23.1 Å². The highest BCUT2D eigenvalue weighted by Gasteiger charge is 2.37. The van der Waals surface area contributed by atoms with Gasteiger partial charge in [-0.3, -0.25) is 14.4 Å². The summed E-state index contributed by atoms with van der Waals surface area (Å²) in [6.07, 6.45) is -4.14. The van der Waals surface area contributed by atoms with Crippen LogP contribution in [-0.2, 0) is 20.8 Å². The molecule has 0 aliphatic carbocycles. The molecule has 0 unspecified atom stereocenters. The smallest absolute Gasteiger partial charge is 0.344 e. The van der Waals surface area contributed by atoms with Crippen LogP contribution in [0.2, 0.25) is 0 Å². The first kappa shape index (κ1) is 25.8. The average Bonchev–Trinajstić information content (AvgIpc) is 3.30. The summed E-state index contributed by atoms with van der Waals surface area (Å²) < 4.78 is 37.0. The van der Waals surface area contributed by atoms with Gasteiger partial charge in [0, 0.05) is 5.69 Å². The monoisotopic (exact) mass is 508 g/mol. The summed E-state index contributed by atoms with van der Waals surface area (Å²) in [7, 11) is 0. The fraction of sp³-hybridized carbons (Fsp3) is 0.292. The maximum atomic E-state index is 13.0. The predicted molar refractivity (Wildman–Crippen MR) is 130 cm³/mol. The largest absolute Gasteiger partial charge is 0.450 e. The molecule has 180 valence electrons. The van der Waals surface area contributed by atoms with Crippen LogP contribution in [0.5, 0.6) is 0 Å². The van der Waals surface area contributed by atoms with E-state index in [0.717, 1.165) is 28.1 Å². The number of nitrogens with one attached hydrogen (secondary N) is 2. The zero-order chi connectivity index (χ0) is 24.6. The van der Waals surface area contributed by atoms with E-state index in [4.69, 9.17) is 0 Å².